The summed E-state index contributed by atoms with van der Waals surface area (Å²) in [5.74, 6) is 1.70. The van der Waals surface area contributed by atoms with Gasteiger partial charge in [-0.3, -0.25) is 0 Å². The Morgan fingerprint density at radius 1 is 1.00 bits per heavy atom. The van der Waals surface area contributed by atoms with Gasteiger partial charge < -0.3 is 15.2 Å². The van der Waals surface area contributed by atoms with Gasteiger partial charge in [0.2, 0.25) is 0 Å². The first-order valence-electron chi connectivity index (χ1n) is 7.08. The van der Waals surface area contributed by atoms with Gasteiger partial charge in [-0.25, -0.2) is 0 Å². The molecule has 0 aromatic heterocycles. The average molecular weight is 326 g/mol. The van der Waals surface area contributed by atoms with Crippen molar-refractivity contribution in [3.8, 4) is 11.5 Å². The molecule has 0 atom stereocenters. The van der Waals surface area contributed by atoms with E-state index in [0.717, 1.165) is 40.8 Å². The van der Waals surface area contributed by atoms with Crippen LogP contribution in [0.25, 0.3) is 0 Å². The molecule has 4 heteroatoms. The van der Waals surface area contributed by atoms with Crippen LogP contribution >= 0.6 is 15.9 Å². The first kappa shape index (κ1) is 13.3. The quantitative estimate of drug-likeness (QED) is 0.855. The van der Waals surface area contributed by atoms with Crippen LogP contribution in [-0.2, 0) is 5.54 Å². The number of hydrogen-bond donors (Lipinski definition) is 1. The highest BCUT2D eigenvalue weighted by molar-refractivity contribution is 9.10. The predicted octanol–water partition coefficient (Wildman–Crippen LogP) is 3.73. The lowest BCUT2D eigenvalue weighted by Gasteiger charge is -2.36. The number of benzene rings is 1. The minimum atomic E-state index is -0.282. The van der Waals surface area contributed by atoms with E-state index < -0.39 is 0 Å². The highest BCUT2D eigenvalue weighted by atomic mass is 79.9. The molecule has 1 aliphatic heterocycles. The van der Waals surface area contributed by atoms with Crippen molar-refractivity contribution in [1.29, 1.82) is 0 Å². The molecule has 1 heterocycles. The third-order valence-corrected chi connectivity index (χ3v) is 4.77. The van der Waals surface area contributed by atoms with Crippen LogP contribution in [0.4, 0.5) is 0 Å². The molecular weight excluding hydrogens is 306 g/mol. The van der Waals surface area contributed by atoms with Gasteiger partial charge in [0.05, 0.1) is 13.2 Å². The molecule has 3 nitrogen and oxygen atoms in total. The first-order valence-corrected chi connectivity index (χ1v) is 7.87. The molecule has 3 rings (SSSR count). The highest BCUT2D eigenvalue weighted by Crippen LogP contribution is 2.47. The molecule has 0 unspecified atom stereocenters. The Labute approximate surface area is 122 Å². The molecule has 0 radical (unpaired) electrons. The lowest BCUT2D eigenvalue weighted by molar-refractivity contribution is 0.271. The van der Waals surface area contributed by atoms with Crippen LogP contribution in [0.5, 0.6) is 11.5 Å². The van der Waals surface area contributed by atoms with Crippen LogP contribution in [0.3, 0.4) is 0 Å². The smallest absolute Gasteiger partial charge is 0.167 e. The van der Waals surface area contributed by atoms with Gasteiger partial charge in [0.15, 0.2) is 11.5 Å². The van der Waals surface area contributed by atoms with E-state index in [1.54, 1.807) is 0 Å². The van der Waals surface area contributed by atoms with Crippen molar-refractivity contribution in [3.05, 3.63) is 22.2 Å². The molecule has 2 N–H and O–H groups in total. The molecule has 1 aromatic rings. The minimum absolute atomic E-state index is 0.282. The molecule has 104 valence electrons. The fraction of sp³-hybridized carbons (Fsp3) is 0.600. The van der Waals surface area contributed by atoms with Crippen molar-refractivity contribution in [2.45, 2.75) is 44.1 Å². The second kappa shape index (κ2) is 5.33. The van der Waals surface area contributed by atoms with Gasteiger partial charge in [-0.1, -0.05) is 35.2 Å². The molecule has 0 bridgehead atoms. The van der Waals surface area contributed by atoms with Crippen LogP contribution in [0.1, 0.15) is 44.1 Å². The molecule has 19 heavy (non-hydrogen) atoms. The number of halogens is 1. The summed E-state index contributed by atoms with van der Waals surface area (Å²) in [5.41, 5.74) is 7.51. The van der Waals surface area contributed by atoms with E-state index in [9.17, 15) is 0 Å². The third-order valence-electron chi connectivity index (χ3n) is 4.11. The summed E-state index contributed by atoms with van der Waals surface area (Å²) < 4.78 is 12.8. The van der Waals surface area contributed by atoms with Crippen molar-refractivity contribution in [3.63, 3.8) is 0 Å². The van der Waals surface area contributed by atoms with Crippen LogP contribution in [0, 0.1) is 0 Å². The highest BCUT2D eigenvalue weighted by Gasteiger charge is 2.35. The largest absolute Gasteiger partial charge is 0.490 e. The Morgan fingerprint density at radius 2 is 1.74 bits per heavy atom. The fourth-order valence-electron chi connectivity index (χ4n) is 3.11. The third kappa shape index (κ3) is 2.48. The topological polar surface area (TPSA) is 44.5 Å². The maximum absolute atomic E-state index is 6.69. The zero-order chi connectivity index (χ0) is 13.3. The molecule has 1 saturated carbocycles. The van der Waals surface area contributed by atoms with Crippen molar-refractivity contribution in [2.75, 3.05) is 13.2 Å². The summed E-state index contributed by atoms with van der Waals surface area (Å²) in [6.45, 7) is 1.41. The van der Waals surface area contributed by atoms with Crippen LogP contribution < -0.4 is 15.2 Å². The molecule has 0 saturated heterocycles. The van der Waals surface area contributed by atoms with E-state index in [4.69, 9.17) is 15.2 Å². The van der Waals surface area contributed by atoms with Gasteiger partial charge in [-0.15, -0.1) is 0 Å². The summed E-state index contributed by atoms with van der Waals surface area (Å²) in [5, 5.41) is 0. The summed E-state index contributed by atoms with van der Waals surface area (Å²) in [6, 6.07) is 4.01. The average Bonchev–Trinajstić information content (AvgIpc) is 2.64. The molecule has 0 spiro atoms. The van der Waals surface area contributed by atoms with Gasteiger partial charge in [-0.05, 0) is 25.0 Å². The van der Waals surface area contributed by atoms with E-state index in [0.29, 0.717) is 13.2 Å². The number of ether oxygens (including phenoxy) is 2. The van der Waals surface area contributed by atoms with Crippen LogP contribution in [0.15, 0.2) is 16.6 Å². The van der Waals surface area contributed by atoms with E-state index in [1.165, 1.54) is 19.3 Å². The molecule has 1 aliphatic carbocycles. The van der Waals surface area contributed by atoms with Crippen molar-refractivity contribution in [1.82, 2.24) is 0 Å². The van der Waals surface area contributed by atoms with Gasteiger partial charge in [0.1, 0.15) is 0 Å². The van der Waals surface area contributed by atoms with Crippen molar-refractivity contribution in [2.24, 2.45) is 5.73 Å². The SMILES string of the molecule is NC1(c2c(Br)ccc3c2OCCCO3)CCCCC1. The Kier molecular flexibility index (Phi) is 3.72. The minimum Gasteiger partial charge on any atom is -0.490 e. The van der Waals surface area contributed by atoms with E-state index in [-0.39, 0.29) is 5.54 Å². The summed E-state index contributed by atoms with van der Waals surface area (Å²) >= 11 is 3.66. The summed E-state index contributed by atoms with van der Waals surface area (Å²) in [7, 11) is 0. The fourth-order valence-corrected chi connectivity index (χ4v) is 3.82. The Balaban J connectivity index is 2.08. The Bertz CT molecular complexity index is 469. The predicted molar refractivity (Wildman–Crippen MR) is 78.7 cm³/mol. The van der Waals surface area contributed by atoms with Gasteiger partial charge >= 0.3 is 0 Å². The standard InChI is InChI=1S/C15H20BrNO2/c16-11-5-6-12-14(19-10-4-9-18-12)13(11)15(17)7-2-1-3-8-15/h5-6H,1-4,7-10,17H2. The lowest BCUT2D eigenvalue weighted by atomic mass is 9.77. The molecule has 1 fully saturated rings. The van der Waals surface area contributed by atoms with E-state index in [1.807, 2.05) is 12.1 Å². The Morgan fingerprint density at radius 3 is 2.53 bits per heavy atom. The maximum atomic E-state index is 6.69. The number of fused-ring (bicyclic) bond motifs is 1. The maximum Gasteiger partial charge on any atom is 0.167 e. The zero-order valence-corrected chi connectivity index (χ0v) is 12.7. The zero-order valence-electron chi connectivity index (χ0n) is 11.1. The van der Waals surface area contributed by atoms with Crippen LogP contribution in [-0.4, -0.2) is 13.2 Å². The lowest BCUT2D eigenvalue weighted by Crippen LogP contribution is -2.39. The van der Waals surface area contributed by atoms with Crippen molar-refractivity contribution >= 4 is 15.9 Å². The number of rotatable bonds is 1. The molecule has 2 aliphatic rings. The van der Waals surface area contributed by atoms with Crippen LogP contribution in [0.2, 0.25) is 0 Å². The molecule has 0 amide bonds. The van der Waals surface area contributed by atoms with Crippen molar-refractivity contribution < 1.29 is 9.47 Å². The van der Waals surface area contributed by atoms with Gasteiger partial charge in [0, 0.05) is 22.0 Å². The van der Waals surface area contributed by atoms with E-state index in [2.05, 4.69) is 15.9 Å². The first-order chi connectivity index (χ1) is 9.21. The van der Waals surface area contributed by atoms with E-state index >= 15 is 0 Å². The van der Waals surface area contributed by atoms with Gasteiger partial charge in [0.25, 0.3) is 0 Å². The number of nitrogens with two attached hydrogens (primary N) is 1. The summed E-state index contributed by atoms with van der Waals surface area (Å²) in [6.07, 6.45) is 6.62. The monoisotopic (exact) mass is 325 g/mol. The second-order valence-corrected chi connectivity index (χ2v) is 6.37. The molecular formula is C15H20BrNO2. The molecule has 1 aromatic carbocycles. The normalized spacial score (nSPS) is 21.8. The van der Waals surface area contributed by atoms with Gasteiger partial charge in [-0.2, -0.15) is 0 Å². The summed E-state index contributed by atoms with van der Waals surface area (Å²) in [4.78, 5) is 0. The second-order valence-electron chi connectivity index (χ2n) is 5.52. The number of hydrogen-bond acceptors (Lipinski definition) is 3. The Hall–Kier alpha value is -0.740.